The second-order valence-corrected chi connectivity index (χ2v) is 5.40. The fourth-order valence-electron chi connectivity index (χ4n) is 1.55. The predicted octanol–water partition coefficient (Wildman–Crippen LogP) is 2.52. The van der Waals surface area contributed by atoms with E-state index in [9.17, 15) is 5.11 Å². The Hall–Kier alpha value is -0.860. The van der Waals surface area contributed by atoms with E-state index in [-0.39, 0.29) is 18.1 Å². The van der Waals surface area contributed by atoms with E-state index >= 15 is 0 Å². The van der Waals surface area contributed by atoms with Crippen molar-refractivity contribution in [2.45, 2.75) is 46.3 Å². The first kappa shape index (κ1) is 13.2. The van der Waals surface area contributed by atoms with E-state index in [1.807, 2.05) is 45.0 Å². The third-order valence-corrected chi connectivity index (χ3v) is 2.91. The van der Waals surface area contributed by atoms with Crippen LogP contribution >= 0.6 is 0 Å². The summed E-state index contributed by atoms with van der Waals surface area (Å²) < 4.78 is 0. The van der Waals surface area contributed by atoms with Gasteiger partial charge in [-0.3, -0.25) is 0 Å². The van der Waals surface area contributed by atoms with E-state index < -0.39 is 0 Å². The maximum absolute atomic E-state index is 9.91. The van der Waals surface area contributed by atoms with Crippen LogP contribution in [0.15, 0.2) is 24.3 Å². The molecule has 0 fully saturated rings. The maximum Gasteiger partial charge on any atom is 0.0681 e. The van der Waals surface area contributed by atoms with Crippen LogP contribution in [-0.2, 0) is 13.0 Å². The molecule has 0 amide bonds. The standard InChI is InChI=1S/C14H22O2/c1-14(2,3)13(16)9-8-11-4-6-12(10-15)7-5-11/h4-7,13,15-16H,8-10H2,1-3H3. The molecule has 0 saturated heterocycles. The molecule has 1 rings (SSSR count). The topological polar surface area (TPSA) is 40.5 Å². The largest absolute Gasteiger partial charge is 0.393 e. The number of aryl methyl sites for hydroxylation is 1. The summed E-state index contributed by atoms with van der Waals surface area (Å²) >= 11 is 0. The van der Waals surface area contributed by atoms with Gasteiger partial charge in [-0.25, -0.2) is 0 Å². The van der Waals surface area contributed by atoms with Gasteiger partial charge in [0.05, 0.1) is 12.7 Å². The van der Waals surface area contributed by atoms with Crippen molar-refractivity contribution in [1.82, 2.24) is 0 Å². The number of benzene rings is 1. The summed E-state index contributed by atoms with van der Waals surface area (Å²) in [7, 11) is 0. The summed E-state index contributed by atoms with van der Waals surface area (Å²) in [5, 5.41) is 18.8. The monoisotopic (exact) mass is 222 g/mol. The highest BCUT2D eigenvalue weighted by Gasteiger charge is 2.21. The molecule has 0 aliphatic rings. The average Bonchev–Trinajstić information content (AvgIpc) is 2.25. The molecule has 2 N–H and O–H groups in total. The smallest absolute Gasteiger partial charge is 0.0681 e. The Morgan fingerprint density at radius 3 is 2.00 bits per heavy atom. The van der Waals surface area contributed by atoms with Gasteiger partial charge in [-0.05, 0) is 29.4 Å². The van der Waals surface area contributed by atoms with E-state index in [1.165, 1.54) is 5.56 Å². The fraction of sp³-hybridized carbons (Fsp3) is 0.571. The van der Waals surface area contributed by atoms with Gasteiger partial charge in [-0.15, -0.1) is 0 Å². The molecule has 0 radical (unpaired) electrons. The number of hydrogen-bond acceptors (Lipinski definition) is 2. The predicted molar refractivity (Wildman–Crippen MR) is 66.1 cm³/mol. The molecule has 16 heavy (non-hydrogen) atoms. The lowest BCUT2D eigenvalue weighted by molar-refractivity contribution is 0.0560. The van der Waals surface area contributed by atoms with Gasteiger partial charge in [0.25, 0.3) is 0 Å². The van der Waals surface area contributed by atoms with Gasteiger partial charge in [0.1, 0.15) is 0 Å². The highest BCUT2D eigenvalue weighted by atomic mass is 16.3. The molecule has 2 nitrogen and oxygen atoms in total. The molecule has 1 unspecified atom stereocenters. The molecule has 0 aromatic heterocycles. The highest BCUT2D eigenvalue weighted by Crippen LogP contribution is 2.23. The van der Waals surface area contributed by atoms with Crippen LogP contribution in [0.5, 0.6) is 0 Å². The van der Waals surface area contributed by atoms with Crippen LogP contribution in [0.4, 0.5) is 0 Å². The molecule has 1 aromatic carbocycles. The van der Waals surface area contributed by atoms with Crippen molar-refractivity contribution in [2.75, 3.05) is 0 Å². The van der Waals surface area contributed by atoms with Crippen molar-refractivity contribution in [2.24, 2.45) is 5.41 Å². The summed E-state index contributed by atoms with van der Waals surface area (Å²) in [4.78, 5) is 0. The van der Waals surface area contributed by atoms with Gasteiger partial charge in [-0.2, -0.15) is 0 Å². The highest BCUT2D eigenvalue weighted by molar-refractivity contribution is 5.22. The Kier molecular flexibility index (Phi) is 4.51. The molecule has 0 aliphatic carbocycles. The van der Waals surface area contributed by atoms with Gasteiger partial charge in [0.2, 0.25) is 0 Å². The van der Waals surface area contributed by atoms with Crippen molar-refractivity contribution in [3.05, 3.63) is 35.4 Å². The first-order valence-corrected chi connectivity index (χ1v) is 5.80. The lowest BCUT2D eigenvalue weighted by Crippen LogP contribution is -2.26. The van der Waals surface area contributed by atoms with Crippen LogP contribution in [-0.4, -0.2) is 16.3 Å². The van der Waals surface area contributed by atoms with Crippen LogP contribution in [0, 0.1) is 5.41 Å². The summed E-state index contributed by atoms with van der Waals surface area (Å²) in [6, 6.07) is 7.89. The molecule has 1 aromatic rings. The Balaban J connectivity index is 2.48. The fourth-order valence-corrected chi connectivity index (χ4v) is 1.55. The Morgan fingerprint density at radius 2 is 1.56 bits per heavy atom. The average molecular weight is 222 g/mol. The summed E-state index contributed by atoms with van der Waals surface area (Å²) in [6.45, 7) is 6.23. The number of aliphatic hydroxyl groups is 2. The van der Waals surface area contributed by atoms with Gasteiger partial charge in [0.15, 0.2) is 0 Å². The first-order valence-electron chi connectivity index (χ1n) is 5.80. The minimum absolute atomic E-state index is 0.0506. The molecular formula is C14H22O2. The zero-order chi connectivity index (χ0) is 12.2. The molecule has 0 bridgehead atoms. The third-order valence-electron chi connectivity index (χ3n) is 2.91. The van der Waals surface area contributed by atoms with Crippen molar-refractivity contribution < 1.29 is 10.2 Å². The maximum atomic E-state index is 9.91. The van der Waals surface area contributed by atoms with Crippen molar-refractivity contribution >= 4 is 0 Å². The minimum Gasteiger partial charge on any atom is -0.393 e. The molecular weight excluding hydrogens is 200 g/mol. The van der Waals surface area contributed by atoms with E-state index in [4.69, 9.17) is 5.11 Å². The minimum atomic E-state index is -0.273. The molecule has 0 saturated carbocycles. The quantitative estimate of drug-likeness (QED) is 0.821. The van der Waals surface area contributed by atoms with E-state index in [1.54, 1.807) is 0 Å². The van der Waals surface area contributed by atoms with E-state index in [0.29, 0.717) is 0 Å². The molecule has 0 heterocycles. The zero-order valence-electron chi connectivity index (χ0n) is 10.4. The number of aliphatic hydroxyl groups excluding tert-OH is 2. The van der Waals surface area contributed by atoms with Crippen LogP contribution in [0.25, 0.3) is 0 Å². The number of hydrogen-bond donors (Lipinski definition) is 2. The Labute approximate surface area is 97.9 Å². The Bertz CT molecular complexity index is 309. The Morgan fingerprint density at radius 1 is 1.06 bits per heavy atom. The molecule has 2 heteroatoms. The summed E-state index contributed by atoms with van der Waals surface area (Å²) in [5.74, 6) is 0. The summed E-state index contributed by atoms with van der Waals surface area (Å²) in [6.07, 6.45) is 1.39. The zero-order valence-corrected chi connectivity index (χ0v) is 10.4. The third kappa shape index (κ3) is 3.95. The molecule has 1 atom stereocenters. The molecule has 90 valence electrons. The van der Waals surface area contributed by atoms with E-state index in [2.05, 4.69) is 0 Å². The second kappa shape index (κ2) is 5.46. The lowest BCUT2D eigenvalue weighted by Gasteiger charge is -2.25. The van der Waals surface area contributed by atoms with E-state index in [0.717, 1.165) is 18.4 Å². The van der Waals surface area contributed by atoms with Gasteiger partial charge in [0, 0.05) is 0 Å². The second-order valence-electron chi connectivity index (χ2n) is 5.40. The van der Waals surface area contributed by atoms with Crippen molar-refractivity contribution in [3.8, 4) is 0 Å². The lowest BCUT2D eigenvalue weighted by atomic mass is 9.86. The van der Waals surface area contributed by atoms with Crippen LogP contribution in [0.2, 0.25) is 0 Å². The van der Waals surface area contributed by atoms with Crippen molar-refractivity contribution in [3.63, 3.8) is 0 Å². The molecule has 0 aliphatic heterocycles. The van der Waals surface area contributed by atoms with Crippen LogP contribution < -0.4 is 0 Å². The molecule has 0 spiro atoms. The SMILES string of the molecule is CC(C)(C)C(O)CCc1ccc(CO)cc1. The van der Waals surface area contributed by atoms with Crippen molar-refractivity contribution in [1.29, 1.82) is 0 Å². The van der Waals surface area contributed by atoms with Gasteiger partial charge < -0.3 is 10.2 Å². The number of rotatable bonds is 4. The van der Waals surface area contributed by atoms with Crippen LogP contribution in [0.1, 0.15) is 38.3 Å². The van der Waals surface area contributed by atoms with Gasteiger partial charge >= 0.3 is 0 Å². The summed E-state index contributed by atoms with van der Waals surface area (Å²) in [5.41, 5.74) is 2.09. The van der Waals surface area contributed by atoms with Gasteiger partial charge in [-0.1, -0.05) is 45.0 Å². The first-order chi connectivity index (χ1) is 7.43. The normalized spacial score (nSPS) is 13.8. The van der Waals surface area contributed by atoms with Crippen LogP contribution in [0.3, 0.4) is 0 Å².